The zero-order chi connectivity index (χ0) is 16.9. The molecule has 0 radical (unpaired) electrons. The second-order valence-electron chi connectivity index (χ2n) is 5.94. The number of aliphatic hydroxyl groups is 1. The van der Waals surface area contributed by atoms with Gasteiger partial charge in [0.15, 0.2) is 0 Å². The van der Waals surface area contributed by atoms with Gasteiger partial charge < -0.3 is 9.84 Å². The molecule has 2 aromatic rings. The molecule has 2 unspecified atom stereocenters. The van der Waals surface area contributed by atoms with Crippen LogP contribution in [0.3, 0.4) is 0 Å². The topological polar surface area (TPSA) is 29.5 Å². The Labute approximate surface area is 137 Å². The van der Waals surface area contributed by atoms with Crippen LogP contribution in [-0.2, 0) is 6.61 Å². The molecule has 0 bridgehead atoms. The van der Waals surface area contributed by atoms with E-state index < -0.39 is 5.85 Å². The molecular formula is C20H25FO2. The molecule has 0 saturated heterocycles. The Morgan fingerprint density at radius 2 is 1.74 bits per heavy atom. The SMILES string of the molecule is CCC(C)C(F)(CC)Oc1cccc(-c2cccc(CO)c2)c1. The molecule has 2 aromatic carbocycles. The Hall–Kier alpha value is -1.87. The largest absolute Gasteiger partial charge is 0.458 e. The van der Waals surface area contributed by atoms with Crippen molar-refractivity contribution in [2.45, 2.75) is 46.1 Å². The first-order valence-electron chi connectivity index (χ1n) is 8.20. The van der Waals surface area contributed by atoms with Crippen LogP contribution in [0.5, 0.6) is 5.75 Å². The van der Waals surface area contributed by atoms with Crippen molar-refractivity contribution in [1.82, 2.24) is 0 Å². The zero-order valence-corrected chi connectivity index (χ0v) is 14.1. The molecule has 0 aliphatic heterocycles. The maximum Gasteiger partial charge on any atom is 0.250 e. The van der Waals surface area contributed by atoms with Gasteiger partial charge in [0.2, 0.25) is 0 Å². The summed E-state index contributed by atoms with van der Waals surface area (Å²) in [6.07, 6.45) is 1.04. The molecule has 2 rings (SSSR count). The molecule has 0 aliphatic carbocycles. The minimum absolute atomic E-state index is 0.00146. The van der Waals surface area contributed by atoms with Crippen molar-refractivity contribution in [3.05, 3.63) is 54.1 Å². The fourth-order valence-electron chi connectivity index (χ4n) is 2.61. The van der Waals surface area contributed by atoms with E-state index in [1.165, 1.54) is 0 Å². The predicted molar refractivity (Wildman–Crippen MR) is 92.0 cm³/mol. The van der Waals surface area contributed by atoms with Crippen LogP contribution in [0.15, 0.2) is 48.5 Å². The lowest BCUT2D eigenvalue weighted by Crippen LogP contribution is -2.37. The van der Waals surface area contributed by atoms with Gasteiger partial charge in [-0.3, -0.25) is 0 Å². The second kappa shape index (κ2) is 7.60. The highest BCUT2D eigenvalue weighted by molar-refractivity contribution is 5.65. The Kier molecular flexibility index (Phi) is 5.78. The number of ether oxygens (including phenoxy) is 1. The Morgan fingerprint density at radius 3 is 2.35 bits per heavy atom. The second-order valence-corrected chi connectivity index (χ2v) is 5.94. The van der Waals surface area contributed by atoms with Gasteiger partial charge in [-0.25, -0.2) is 0 Å². The van der Waals surface area contributed by atoms with E-state index in [-0.39, 0.29) is 12.5 Å². The molecule has 0 spiro atoms. The van der Waals surface area contributed by atoms with E-state index in [1.807, 2.05) is 56.3 Å². The Balaban J connectivity index is 2.29. The quantitative estimate of drug-likeness (QED) is 0.746. The number of rotatable bonds is 7. The predicted octanol–water partition coefficient (Wildman–Crippen LogP) is 5.35. The van der Waals surface area contributed by atoms with Crippen molar-refractivity contribution in [3.8, 4) is 16.9 Å². The van der Waals surface area contributed by atoms with Crippen LogP contribution in [0.1, 0.15) is 39.2 Å². The maximum atomic E-state index is 15.0. The van der Waals surface area contributed by atoms with E-state index in [0.717, 1.165) is 23.1 Å². The summed E-state index contributed by atoms with van der Waals surface area (Å²) >= 11 is 0. The fraction of sp³-hybridized carbons (Fsp3) is 0.400. The smallest absolute Gasteiger partial charge is 0.250 e. The molecule has 1 N–H and O–H groups in total. The third-order valence-corrected chi connectivity index (χ3v) is 4.39. The molecule has 0 heterocycles. The summed E-state index contributed by atoms with van der Waals surface area (Å²) in [4.78, 5) is 0. The highest BCUT2D eigenvalue weighted by Gasteiger charge is 2.35. The lowest BCUT2D eigenvalue weighted by molar-refractivity contribution is -0.109. The monoisotopic (exact) mass is 316 g/mol. The average Bonchev–Trinajstić information content (AvgIpc) is 2.61. The van der Waals surface area contributed by atoms with Crippen LogP contribution < -0.4 is 4.74 Å². The Bertz CT molecular complexity index is 641. The van der Waals surface area contributed by atoms with Crippen LogP contribution >= 0.6 is 0 Å². The van der Waals surface area contributed by atoms with E-state index in [2.05, 4.69) is 0 Å². The first-order chi connectivity index (χ1) is 11.0. The fourth-order valence-corrected chi connectivity index (χ4v) is 2.61. The van der Waals surface area contributed by atoms with Crippen LogP contribution in [0.2, 0.25) is 0 Å². The summed E-state index contributed by atoms with van der Waals surface area (Å²) in [5.41, 5.74) is 2.77. The number of aliphatic hydroxyl groups excluding tert-OH is 1. The van der Waals surface area contributed by atoms with Gasteiger partial charge in [0, 0.05) is 12.3 Å². The van der Waals surface area contributed by atoms with Crippen molar-refractivity contribution < 1.29 is 14.2 Å². The highest BCUT2D eigenvalue weighted by Crippen LogP contribution is 2.33. The summed E-state index contributed by atoms with van der Waals surface area (Å²) in [7, 11) is 0. The molecule has 0 amide bonds. The number of benzene rings is 2. The van der Waals surface area contributed by atoms with Crippen molar-refractivity contribution in [2.75, 3.05) is 0 Å². The molecule has 0 aliphatic rings. The van der Waals surface area contributed by atoms with E-state index in [4.69, 9.17) is 4.74 Å². The van der Waals surface area contributed by atoms with Gasteiger partial charge in [-0.1, -0.05) is 51.1 Å². The number of halogens is 1. The summed E-state index contributed by atoms with van der Waals surface area (Å²) < 4.78 is 20.7. The molecule has 2 atom stereocenters. The van der Waals surface area contributed by atoms with Gasteiger partial charge in [0.1, 0.15) is 5.75 Å². The van der Waals surface area contributed by atoms with E-state index in [9.17, 15) is 9.50 Å². The number of hydrogen-bond acceptors (Lipinski definition) is 2. The third-order valence-electron chi connectivity index (χ3n) is 4.39. The van der Waals surface area contributed by atoms with Crippen molar-refractivity contribution in [3.63, 3.8) is 0 Å². The van der Waals surface area contributed by atoms with Gasteiger partial charge >= 0.3 is 0 Å². The molecule has 3 heteroatoms. The summed E-state index contributed by atoms with van der Waals surface area (Å²) in [6.45, 7) is 5.65. The third kappa shape index (κ3) is 4.11. The van der Waals surface area contributed by atoms with E-state index in [0.29, 0.717) is 12.2 Å². The minimum Gasteiger partial charge on any atom is -0.458 e. The molecule has 23 heavy (non-hydrogen) atoms. The molecule has 124 valence electrons. The minimum atomic E-state index is -1.65. The average molecular weight is 316 g/mol. The summed E-state index contributed by atoms with van der Waals surface area (Å²) in [6, 6.07) is 15.1. The van der Waals surface area contributed by atoms with Gasteiger partial charge in [-0.2, -0.15) is 4.39 Å². The van der Waals surface area contributed by atoms with Crippen molar-refractivity contribution in [2.24, 2.45) is 5.92 Å². The van der Waals surface area contributed by atoms with E-state index >= 15 is 0 Å². The first-order valence-corrected chi connectivity index (χ1v) is 8.20. The van der Waals surface area contributed by atoms with Crippen LogP contribution in [0.4, 0.5) is 4.39 Å². The first kappa shape index (κ1) is 17.5. The molecular weight excluding hydrogens is 291 g/mol. The van der Waals surface area contributed by atoms with Crippen molar-refractivity contribution in [1.29, 1.82) is 0 Å². The van der Waals surface area contributed by atoms with Crippen LogP contribution in [0.25, 0.3) is 11.1 Å². The van der Waals surface area contributed by atoms with Crippen LogP contribution in [0, 0.1) is 5.92 Å². The van der Waals surface area contributed by atoms with Gasteiger partial charge in [-0.05, 0) is 41.3 Å². The van der Waals surface area contributed by atoms with Gasteiger partial charge in [0.05, 0.1) is 6.61 Å². The molecule has 0 aromatic heterocycles. The molecule has 2 nitrogen and oxygen atoms in total. The highest BCUT2D eigenvalue weighted by atomic mass is 19.2. The standard InChI is InChI=1S/C20H25FO2/c1-4-15(3)20(21,5-2)23-19-11-7-10-18(13-19)17-9-6-8-16(12-17)14-22/h6-13,15,22H,4-5,14H2,1-3H3. The zero-order valence-electron chi connectivity index (χ0n) is 14.1. The Morgan fingerprint density at radius 1 is 1.09 bits per heavy atom. The van der Waals surface area contributed by atoms with Crippen molar-refractivity contribution >= 4 is 0 Å². The van der Waals surface area contributed by atoms with Gasteiger partial charge in [0.25, 0.3) is 5.85 Å². The molecule has 0 saturated carbocycles. The van der Waals surface area contributed by atoms with Gasteiger partial charge in [-0.15, -0.1) is 0 Å². The maximum absolute atomic E-state index is 15.0. The summed E-state index contributed by atoms with van der Waals surface area (Å²) in [5, 5.41) is 9.26. The van der Waals surface area contributed by atoms with Crippen LogP contribution in [-0.4, -0.2) is 11.0 Å². The number of alkyl halides is 1. The number of hydrogen-bond donors (Lipinski definition) is 1. The lowest BCUT2D eigenvalue weighted by atomic mass is 9.97. The molecule has 0 fully saturated rings. The summed E-state index contributed by atoms with van der Waals surface area (Å²) in [5.74, 6) is -1.30. The normalized spacial score (nSPS) is 15.0. The lowest BCUT2D eigenvalue weighted by Gasteiger charge is -2.30. The van der Waals surface area contributed by atoms with E-state index in [1.54, 1.807) is 13.0 Å².